The minimum absolute atomic E-state index is 0.118. The molecule has 0 aliphatic carbocycles. The normalized spacial score (nSPS) is 11.9. The third-order valence-corrected chi connectivity index (χ3v) is 5.35. The van der Waals surface area contributed by atoms with Crippen molar-refractivity contribution in [1.29, 1.82) is 0 Å². The molecule has 0 saturated heterocycles. The molecular weight excluding hydrogens is 431 g/mol. The van der Waals surface area contributed by atoms with Crippen molar-refractivity contribution in [2.75, 3.05) is 7.11 Å². The van der Waals surface area contributed by atoms with E-state index in [-0.39, 0.29) is 18.4 Å². The van der Waals surface area contributed by atoms with Crippen molar-refractivity contribution in [3.8, 4) is 17.1 Å². The fourth-order valence-corrected chi connectivity index (χ4v) is 3.74. The maximum atomic E-state index is 12.5. The van der Waals surface area contributed by atoms with Crippen LogP contribution < -0.4 is 10.1 Å². The quantitative estimate of drug-likeness (QED) is 0.485. The van der Waals surface area contributed by atoms with Crippen molar-refractivity contribution >= 4 is 41.3 Å². The van der Waals surface area contributed by atoms with Crippen LogP contribution in [-0.4, -0.2) is 27.8 Å². The smallest absolute Gasteiger partial charge is 0.222 e. The summed E-state index contributed by atoms with van der Waals surface area (Å²) >= 11 is 17.5. The van der Waals surface area contributed by atoms with E-state index in [0.29, 0.717) is 27.2 Å². The monoisotopic (exact) mass is 450 g/mol. The molecule has 1 aromatic heterocycles. The molecule has 0 fully saturated rings. The lowest BCUT2D eigenvalue weighted by Gasteiger charge is -2.16. The van der Waals surface area contributed by atoms with Crippen LogP contribution in [0.15, 0.2) is 42.5 Å². The largest absolute Gasteiger partial charge is 0.497 e. The Morgan fingerprint density at radius 3 is 2.66 bits per heavy atom. The minimum Gasteiger partial charge on any atom is -0.497 e. The van der Waals surface area contributed by atoms with Gasteiger partial charge in [0, 0.05) is 28.6 Å². The maximum absolute atomic E-state index is 12.5. The fourth-order valence-electron chi connectivity index (χ4n) is 2.94. The van der Waals surface area contributed by atoms with E-state index < -0.39 is 0 Å². The summed E-state index contributed by atoms with van der Waals surface area (Å²) in [5.41, 5.74) is 1.68. The lowest BCUT2D eigenvalue weighted by Crippen LogP contribution is -2.27. The molecule has 0 radical (unpaired) electrons. The number of benzene rings is 2. The first kappa shape index (κ1) is 21.4. The van der Waals surface area contributed by atoms with Crippen LogP contribution in [0, 0.1) is 4.77 Å². The minimum atomic E-state index is -0.245. The van der Waals surface area contributed by atoms with Crippen LogP contribution in [0.3, 0.4) is 0 Å². The molecule has 2 N–H and O–H groups in total. The van der Waals surface area contributed by atoms with Gasteiger partial charge in [-0.25, -0.2) is 0 Å². The maximum Gasteiger partial charge on any atom is 0.222 e. The van der Waals surface area contributed by atoms with E-state index in [4.69, 9.17) is 40.2 Å². The molecule has 0 unspecified atom stereocenters. The highest BCUT2D eigenvalue weighted by atomic mass is 35.5. The van der Waals surface area contributed by atoms with Gasteiger partial charge in [-0.15, -0.1) is 0 Å². The van der Waals surface area contributed by atoms with E-state index in [9.17, 15) is 4.79 Å². The Bertz CT molecular complexity index is 1060. The summed E-state index contributed by atoms with van der Waals surface area (Å²) in [7, 11) is 1.61. The van der Waals surface area contributed by atoms with E-state index in [2.05, 4.69) is 15.5 Å². The van der Waals surface area contributed by atoms with Gasteiger partial charge in [0.25, 0.3) is 0 Å². The molecule has 6 nitrogen and oxygen atoms in total. The Kier molecular flexibility index (Phi) is 6.95. The highest BCUT2D eigenvalue weighted by molar-refractivity contribution is 7.71. The predicted molar refractivity (Wildman–Crippen MR) is 117 cm³/mol. The number of halogens is 2. The highest BCUT2D eigenvalue weighted by Gasteiger charge is 2.15. The van der Waals surface area contributed by atoms with Gasteiger partial charge in [-0.2, -0.15) is 5.10 Å². The Labute approximate surface area is 183 Å². The molecule has 2 aromatic carbocycles. The number of carbonyl (C=O) groups excluding carboxylic acids is 1. The van der Waals surface area contributed by atoms with Crippen LogP contribution in [-0.2, 0) is 11.3 Å². The number of methoxy groups -OCH3 is 1. The van der Waals surface area contributed by atoms with Gasteiger partial charge in [0.05, 0.1) is 13.2 Å². The topological polar surface area (TPSA) is 71.9 Å². The van der Waals surface area contributed by atoms with Gasteiger partial charge in [-0.05, 0) is 61.1 Å². The second-order valence-corrected chi connectivity index (χ2v) is 7.67. The number of nitrogens with one attached hydrogen (secondary N) is 2. The summed E-state index contributed by atoms with van der Waals surface area (Å²) in [6, 6.07) is 12.5. The van der Waals surface area contributed by atoms with Crippen LogP contribution in [0.2, 0.25) is 10.0 Å². The molecule has 1 atom stereocenters. The predicted octanol–water partition coefficient (Wildman–Crippen LogP) is 5.19. The number of aromatic nitrogens is 3. The zero-order valence-corrected chi connectivity index (χ0v) is 18.2. The van der Waals surface area contributed by atoms with E-state index in [1.807, 2.05) is 37.3 Å². The van der Waals surface area contributed by atoms with Gasteiger partial charge in [0.2, 0.25) is 5.91 Å². The van der Waals surface area contributed by atoms with Crippen LogP contribution in [0.5, 0.6) is 5.75 Å². The number of ether oxygens (including phenoxy) is 1. The number of carbonyl (C=O) groups is 1. The van der Waals surface area contributed by atoms with Crippen molar-refractivity contribution < 1.29 is 9.53 Å². The van der Waals surface area contributed by atoms with Crippen LogP contribution >= 0.6 is 35.4 Å². The van der Waals surface area contributed by atoms with E-state index in [1.54, 1.807) is 23.8 Å². The van der Waals surface area contributed by atoms with Crippen molar-refractivity contribution in [2.24, 2.45) is 0 Å². The lowest BCUT2D eigenvalue weighted by atomic mass is 10.1. The molecule has 1 amide bonds. The Morgan fingerprint density at radius 2 is 2.00 bits per heavy atom. The zero-order valence-electron chi connectivity index (χ0n) is 15.9. The number of nitrogens with zero attached hydrogens (tertiary/aromatic N) is 2. The van der Waals surface area contributed by atoms with Gasteiger partial charge in [-0.3, -0.25) is 14.5 Å². The van der Waals surface area contributed by atoms with Crippen molar-refractivity contribution in [1.82, 2.24) is 20.1 Å². The van der Waals surface area contributed by atoms with Crippen LogP contribution in [0.1, 0.15) is 24.9 Å². The summed E-state index contributed by atoms with van der Waals surface area (Å²) in [4.78, 5) is 12.5. The first-order chi connectivity index (χ1) is 13.9. The molecule has 3 rings (SSSR count). The summed E-state index contributed by atoms with van der Waals surface area (Å²) in [6.45, 7) is 2.27. The lowest BCUT2D eigenvalue weighted by molar-refractivity contribution is -0.121. The average Bonchev–Trinajstić information content (AvgIpc) is 3.06. The summed E-state index contributed by atoms with van der Waals surface area (Å²) < 4.78 is 7.44. The van der Waals surface area contributed by atoms with Gasteiger partial charge >= 0.3 is 0 Å². The van der Waals surface area contributed by atoms with Crippen LogP contribution in [0.25, 0.3) is 11.4 Å². The molecule has 0 saturated carbocycles. The number of amides is 1. The van der Waals surface area contributed by atoms with Gasteiger partial charge in [-0.1, -0.05) is 29.3 Å². The molecule has 152 valence electrons. The molecular formula is C20H20Cl2N4O2S. The third-order valence-electron chi connectivity index (χ3n) is 4.48. The molecule has 0 aliphatic heterocycles. The number of hydrogen-bond donors (Lipinski definition) is 2. The number of H-pyrrole nitrogens is 1. The van der Waals surface area contributed by atoms with Crippen molar-refractivity contribution in [3.63, 3.8) is 0 Å². The molecule has 3 aromatic rings. The van der Waals surface area contributed by atoms with E-state index in [0.717, 1.165) is 16.9 Å². The zero-order chi connectivity index (χ0) is 21.0. The summed E-state index contributed by atoms with van der Waals surface area (Å²) in [6.07, 6.45) is 0.243. The van der Waals surface area contributed by atoms with E-state index in [1.165, 1.54) is 0 Å². The summed E-state index contributed by atoms with van der Waals surface area (Å²) in [5.74, 6) is 1.30. The van der Waals surface area contributed by atoms with Crippen LogP contribution in [0.4, 0.5) is 0 Å². The molecule has 29 heavy (non-hydrogen) atoms. The second kappa shape index (κ2) is 9.43. The number of rotatable bonds is 7. The first-order valence-electron chi connectivity index (χ1n) is 8.93. The van der Waals surface area contributed by atoms with Gasteiger partial charge < -0.3 is 10.1 Å². The number of hydrogen-bond acceptors (Lipinski definition) is 4. The van der Waals surface area contributed by atoms with E-state index >= 15 is 0 Å². The Hall–Kier alpha value is -2.35. The van der Waals surface area contributed by atoms with Crippen molar-refractivity contribution in [3.05, 3.63) is 62.8 Å². The standard InChI is InChI=1S/C20H20Cl2N4O2S/c1-12(16-8-5-14(21)11-17(16)22)23-18(27)9-10-26-19(24-25-20(26)29)13-3-6-15(28-2)7-4-13/h3-8,11-12H,9-10H2,1-2H3,(H,23,27)(H,25,29)/t12-/m0/s1. The van der Waals surface area contributed by atoms with Gasteiger partial charge in [0.15, 0.2) is 10.6 Å². The fraction of sp³-hybridized carbons (Fsp3) is 0.250. The molecule has 1 heterocycles. The van der Waals surface area contributed by atoms with Gasteiger partial charge in [0.1, 0.15) is 5.75 Å². The molecule has 0 bridgehead atoms. The third kappa shape index (κ3) is 5.18. The summed E-state index contributed by atoms with van der Waals surface area (Å²) in [5, 5.41) is 11.1. The SMILES string of the molecule is COc1ccc(-c2n[nH]c(=S)n2CCC(=O)N[C@@H](C)c2ccc(Cl)cc2Cl)cc1. The average molecular weight is 451 g/mol. The second-order valence-electron chi connectivity index (χ2n) is 6.44. The molecule has 0 spiro atoms. The van der Waals surface area contributed by atoms with Crippen molar-refractivity contribution in [2.45, 2.75) is 25.9 Å². The highest BCUT2D eigenvalue weighted by Crippen LogP contribution is 2.26. The first-order valence-corrected chi connectivity index (χ1v) is 10.1. The number of aromatic amines is 1. The molecule has 9 heteroatoms. The Morgan fingerprint density at radius 1 is 1.28 bits per heavy atom. The Balaban J connectivity index is 1.67. The molecule has 0 aliphatic rings.